The Labute approximate surface area is 185 Å². The first-order valence-electron chi connectivity index (χ1n) is 10.7. The highest BCUT2D eigenvalue weighted by molar-refractivity contribution is 7.91. The number of aromatic nitrogens is 2. The molecule has 2 aromatic heterocycles. The minimum absolute atomic E-state index is 0.0260. The summed E-state index contributed by atoms with van der Waals surface area (Å²) in [7, 11) is -3.29. The summed E-state index contributed by atoms with van der Waals surface area (Å²) in [5, 5.41) is 6.41. The SMILES string of the molecule is CCS(=O)(=O)c1ccc(CNC(=O)c2cc3c(nc2C(C)(C)C)[C@H](C(C)C)NC3)nc1. The Hall–Kier alpha value is -2.32. The molecule has 0 saturated heterocycles. The van der Waals surface area contributed by atoms with Crippen molar-refractivity contribution in [2.24, 2.45) is 5.92 Å². The third kappa shape index (κ3) is 4.96. The largest absolute Gasteiger partial charge is 0.346 e. The highest BCUT2D eigenvalue weighted by Gasteiger charge is 2.32. The molecule has 2 N–H and O–H groups in total. The molecule has 0 bridgehead atoms. The van der Waals surface area contributed by atoms with Crippen LogP contribution in [0.5, 0.6) is 0 Å². The lowest BCUT2D eigenvalue weighted by molar-refractivity contribution is 0.0947. The van der Waals surface area contributed by atoms with Crippen molar-refractivity contribution in [3.63, 3.8) is 0 Å². The minimum atomic E-state index is -3.29. The fourth-order valence-electron chi connectivity index (χ4n) is 3.72. The van der Waals surface area contributed by atoms with Crippen LogP contribution in [0.1, 0.15) is 80.6 Å². The lowest BCUT2D eigenvalue weighted by Gasteiger charge is -2.24. The third-order valence-electron chi connectivity index (χ3n) is 5.53. The van der Waals surface area contributed by atoms with E-state index in [0.717, 1.165) is 17.0 Å². The zero-order valence-electron chi connectivity index (χ0n) is 19.1. The van der Waals surface area contributed by atoms with Gasteiger partial charge in [-0.1, -0.05) is 41.5 Å². The van der Waals surface area contributed by atoms with E-state index in [0.29, 0.717) is 23.7 Å². The van der Waals surface area contributed by atoms with Gasteiger partial charge < -0.3 is 10.6 Å². The van der Waals surface area contributed by atoms with Crippen LogP contribution in [0.25, 0.3) is 0 Å². The standard InChI is InChI=1S/C23H32N4O3S/c1-7-31(29,30)17-9-8-16(24-13-17)12-26-22(28)18-10-15-11-25-19(14(2)3)20(15)27-21(18)23(4,5)6/h8-10,13-14,19,25H,7,11-12H2,1-6H3,(H,26,28)/t19-/m0/s1. The summed E-state index contributed by atoms with van der Waals surface area (Å²) in [6.07, 6.45) is 1.34. The highest BCUT2D eigenvalue weighted by Crippen LogP contribution is 2.34. The molecule has 1 aliphatic rings. The summed E-state index contributed by atoms with van der Waals surface area (Å²) in [5.41, 5.74) is 3.74. The molecule has 1 aliphatic heterocycles. The van der Waals surface area contributed by atoms with Gasteiger partial charge in [-0.05, 0) is 29.7 Å². The van der Waals surface area contributed by atoms with Crippen molar-refractivity contribution in [1.82, 2.24) is 20.6 Å². The summed E-state index contributed by atoms with van der Waals surface area (Å²) in [6, 6.07) is 5.31. The molecule has 3 heterocycles. The first-order valence-corrected chi connectivity index (χ1v) is 12.3. The van der Waals surface area contributed by atoms with Gasteiger partial charge in [-0.2, -0.15) is 0 Å². The van der Waals surface area contributed by atoms with Crippen molar-refractivity contribution in [2.45, 2.75) is 71.0 Å². The number of hydrogen-bond acceptors (Lipinski definition) is 6. The van der Waals surface area contributed by atoms with Crippen LogP contribution in [0.15, 0.2) is 29.3 Å². The first kappa shape index (κ1) is 23.3. The van der Waals surface area contributed by atoms with Gasteiger partial charge >= 0.3 is 0 Å². The summed E-state index contributed by atoms with van der Waals surface area (Å²) in [6.45, 7) is 13.0. The van der Waals surface area contributed by atoms with Gasteiger partial charge in [0.15, 0.2) is 9.84 Å². The molecule has 0 radical (unpaired) electrons. The average Bonchev–Trinajstić information content (AvgIpc) is 3.14. The average molecular weight is 445 g/mol. The van der Waals surface area contributed by atoms with Gasteiger partial charge in [-0.3, -0.25) is 14.8 Å². The number of rotatable bonds is 6. The van der Waals surface area contributed by atoms with E-state index in [4.69, 9.17) is 4.98 Å². The Balaban J connectivity index is 1.83. The van der Waals surface area contributed by atoms with Crippen molar-refractivity contribution in [2.75, 3.05) is 5.75 Å². The molecule has 2 aromatic rings. The van der Waals surface area contributed by atoms with Gasteiger partial charge in [-0.15, -0.1) is 0 Å². The van der Waals surface area contributed by atoms with Crippen LogP contribution in [0, 0.1) is 5.92 Å². The molecular weight excluding hydrogens is 412 g/mol. The second kappa shape index (κ2) is 8.67. The molecule has 3 rings (SSSR count). The Morgan fingerprint density at radius 1 is 1.29 bits per heavy atom. The molecule has 1 amide bonds. The summed E-state index contributed by atoms with van der Waals surface area (Å²) < 4.78 is 23.9. The molecule has 0 spiro atoms. The maximum absolute atomic E-state index is 13.1. The minimum Gasteiger partial charge on any atom is -0.346 e. The number of nitrogens with zero attached hydrogens (tertiary/aromatic N) is 2. The molecule has 0 saturated carbocycles. The van der Waals surface area contributed by atoms with Gasteiger partial charge in [0, 0.05) is 18.2 Å². The van der Waals surface area contributed by atoms with E-state index in [1.54, 1.807) is 13.0 Å². The van der Waals surface area contributed by atoms with Crippen molar-refractivity contribution >= 4 is 15.7 Å². The number of pyridine rings is 2. The monoisotopic (exact) mass is 444 g/mol. The molecule has 1 atom stereocenters. The molecule has 168 valence electrons. The van der Waals surface area contributed by atoms with Crippen LogP contribution < -0.4 is 10.6 Å². The molecule has 0 fully saturated rings. The van der Waals surface area contributed by atoms with Crippen molar-refractivity contribution < 1.29 is 13.2 Å². The molecule has 31 heavy (non-hydrogen) atoms. The Morgan fingerprint density at radius 3 is 2.55 bits per heavy atom. The molecule has 0 aromatic carbocycles. The van der Waals surface area contributed by atoms with Gasteiger partial charge in [-0.25, -0.2) is 8.42 Å². The zero-order valence-corrected chi connectivity index (χ0v) is 19.9. The Morgan fingerprint density at radius 2 is 2.00 bits per heavy atom. The number of carbonyl (C=O) groups is 1. The maximum Gasteiger partial charge on any atom is 0.253 e. The van der Waals surface area contributed by atoms with E-state index in [1.807, 2.05) is 6.07 Å². The second-order valence-corrected chi connectivity index (χ2v) is 11.6. The van der Waals surface area contributed by atoms with Crippen LogP contribution in [-0.2, 0) is 28.3 Å². The molecule has 0 aliphatic carbocycles. The first-order chi connectivity index (χ1) is 14.4. The van der Waals surface area contributed by atoms with Gasteiger partial charge in [0.05, 0.1) is 45.9 Å². The lowest BCUT2D eigenvalue weighted by atomic mass is 9.86. The fourth-order valence-corrected chi connectivity index (χ4v) is 4.55. The van der Waals surface area contributed by atoms with Crippen LogP contribution in [0.4, 0.5) is 0 Å². The fraction of sp³-hybridized carbons (Fsp3) is 0.522. The van der Waals surface area contributed by atoms with E-state index in [9.17, 15) is 13.2 Å². The summed E-state index contributed by atoms with van der Waals surface area (Å²) >= 11 is 0. The zero-order chi connectivity index (χ0) is 23.0. The topological polar surface area (TPSA) is 101 Å². The van der Waals surface area contributed by atoms with E-state index >= 15 is 0 Å². The number of amides is 1. The van der Waals surface area contributed by atoms with E-state index < -0.39 is 9.84 Å². The van der Waals surface area contributed by atoms with Gasteiger partial charge in [0.1, 0.15) is 0 Å². The predicted octanol–water partition coefficient (Wildman–Crippen LogP) is 3.30. The van der Waals surface area contributed by atoms with E-state index in [2.05, 4.69) is 50.2 Å². The van der Waals surface area contributed by atoms with E-state index in [-0.39, 0.29) is 34.6 Å². The molecule has 0 unspecified atom stereocenters. The quantitative estimate of drug-likeness (QED) is 0.709. The van der Waals surface area contributed by atoms with Crippen molar-refractivity contribution in [1.29, 1.82) is 0 Å². The number of hydrogen-bond donors (Lipinski definition) is 2. The molecular formula is C23H32N4O3S. The van der Waals surface area contributed by atoms with Crippen LogP contribution >= 0.6 is 0 Å². The van der Waals surface area contributed by atoms with Gasteiger partial charge in [0.2, 0.25) is 0 Å². The van der Waals surface area contributed by atoms with Crippen LogP contribution in [0.2, 0.25) is 0 Å². The van der Waals surface area contributed by atoms with Gasteiger partial charge in [0.25, 0.3) is 5.91 Å². The predicted molar refractivity (Wildman–Crippen MR) is 120 cm³/mol. The second-order valence-electron chi connectivity index (χ2n) is 9.35. The lowest BCUT2D eigenvalue weighted by Crippen LogP contribution is -2.29. The summed E-state index contributed by atoms with van der Waals surface area (Å²) in [5.74, 6) is 0.227. The maximum atomic E-state index is 13.1. The highest BCUT2D eigenvalue weighted by atomic mass is 32.2. The Bertz CT molecular complexity index is 1070. The number of fused-ring (bicyclic) bond motifs is 1. The molecule has 8 heteroatoms. The summed E-state index contributed by atoms with van der Waals surface area (Å²) in [4.78, 5) is 22.4. The number of nitrogens with one attached hydrogen (secondary N) is 2. The van der Waals surface area contributed by atoms with E-state index in [1.165, 1.54) is 12.3 Å². The van der Waals surface area contributed by atoms with Crippen molar-refractivity contribution in [3.05, 3.63) is 52.6 Å². The number of sulfone groups is 1. The third-order valence-corrected chi connectivity index (χ3v) is 7.25. The van der Waals surface area contributed by atoms with Crippen LogP contribution in [0.3, 0.4) is 0 Å². The number of carbonyl (C=O) groups excluding carboxylic acids is 1. The molecule has 7 nitrogen and oxygen atoms in total. The van der Waals surface area contributed by atoms with Crippen molar-refractivity contribution in [3.8, 4) is 0 Å². The smallest absolute Gasteiger partial charge is 0.253 e. The van der Waals surface area contributed by atoms with Crippen LogP contribution in [-0.4, -0.2) is 30.0 Å². The Kier molecular flexibility index (Phi) is 6.53. The normalized spacial score (nSPS) is 16.4.